The maximum atomic E-state index is 13.7. The van der Waals surface area contributed by atoms with E-state index in [1.807, 2.05) is 0 Å². The van der Waals surface area contributed by atoms with Crippen LogP contribution in [0.4, 0.5) is 8.78 Å². The van der Waals surface area contributed by atoms with Crippen molar-refractivity contribution in [3.63, 3.8) is 0 Å². The van der Waals surface area contributed by atoms with Crippen molar-refractivity contribution in [1.29, 1.82) is 0 Å². The normalized spacial score (nSPS) is 17.7. The van der Waals surface area contributed by atoms with E-state index in [-0.39, 0.29) is 5.56 Å². The van der Waals surface area contributed by atoms with Gasteiger partial charge in [-0.2, -0.15) is 0 Å². The molecule has 2 N–H and O–H groups in total. The molecule has 0 heterocycles. The Kier molecular flexibility index (Phi) is 3.74. The monoisotopic (exact) mass is 284 g/mol. The smallest absolute Gasteiger partial charge is 0.341 e. The third-order valence-electron chi connectivity index (χ3n) is 3.93. The molecule has 0 spiro atoms. The highest BCUT2D eigenvalue weighted by Crippen LogP contribution is 2.40. The van der Waals surface area contributed by atoms with E-state index >= 15 is 0 Å². The summed E-state index contributed by atoms with van der Waals surface area (Å²) in [5.74, 6) is -5.31. The first-order valence-electron chi connectivity index (χ1n) is 6.35. The summed E-state index contributed by atoms with van der Waals surface area (Å²) < 4.78 is 27.5. The average molecular weight is 284 g/mol. The Morgan fingerprint density at radius 2 is 1.50 bits per heavy atom. The number of halogens is 2. The van der Waals surface area contributed by atoms with Crippen LogP contribution >= 0.6 is 0 Å². The number of aliphatic carboxylic acids is 1. The molecule has 1 fully saturated rings. The number of rotatable bonds is 3. The molecule has 20 heavy (non-hydrogen) atoms. The van der Waals surface area contributed by atoms with Crippen LogP contribution < -0.4 is 0 Å². The molecule has 6 heteroatoms. The average Bonchev–Trinajstić information content (AvgIpc) is 2.37. The second-order valence-corrected chi connectivity index (χ2v) is 5.07. The lowest BCUT2D eigenvalue weighted by molar-refractivity contribution is -0.145. The minimum Gasteiger partial charge on any atom is -0.481 e. The van der Waals surface area contributed by atoms with E-state index in [9.17, 15) is 23.5 Å². The van der Waals surface area contributed by atoms with Crippen LogP contribution in [0.15, 0.2) is 12.1 Å². The fourth-order valence-corrected chi connectivity index (χ4v) is 2.84. The zero-order valence-corrected chi connectivity index (χ0v) is 10.7. The summed E-state index contributed by atoms with van der Waals surface area (Å²) in [6.45, 7) is 0. The van der Waals surface area contributed by atoms with Gasteiger partial charge in [-0.3, -0.25) is 4.79 Å². The van der Waals surface area contributed by atoms with Gasteiger partial charge in [0.15, 0.2) is 0 Å². The summed E-state index contributed by atoms with van der Waals surface area (Å²) in [6, 6.07) is 1.68. The third kappa shape index (κ3) is 2.26. The van der Waals surface area contributed by atoms with E-state index in [1.54, 1.807) is 0 Å². The van der Waals surface area contributed by atoms with Crippen molar-refractivity contribution < 1.29 is 28.6 Å². The predicted molar refractivity (Wildman–Crippen MR) is 65.7 cm³/mol. The van der Waals surface area contributed by atoms with Crippen LogP contribution in [0.2, 0.25) is 0 Å². The first-order chi connectivity index (χ1) is 9.38. The van der Waals surface area contributed by atoms with E-state index in [2.05, 4.69) is 0 Å². The molecule has 0 unspecified atom stereocenters. The highest BCUT2D eigenvalue weighted by Gasteiger charge is 2.42. The minimum atomic E-state index is -1.71. The number of aromatic carboxylic acids is 1. The Morgan fingerprint density at radius 3 is 1.90 bits per heavy atom. The maximum absolute atomic E-state index is 13.7. The number of hydrogen-bond donors (Lipinski definition) is 2. The molecule has 0 aliphatic heterocycles. The van der Waals surface area contributed by atoms with Gasteiger partial charge in [-0.25, -0.2) is 13.6 Å². The van der Waals surface area contributed by atoms with Crippen molar-refractivity contribution >= 4 is 11.9 Å². The number of carboxylic acid groups (broad SMARTS) is 2. The number of carbonyl (C=O) groups is 2. The summed E-state index contributed by atoms with van der Waals surface area (Å²) in [6.07, 6.45) is 2.81. The van der Waals surface area contributed by atoms with Crippen molar-refractivity contribution in [3.05, 3.63) is 34.9 Å². The molecule has 0 aromatic heterocycles. The molecule has 2 rings (SSSR count). The van der Waals surface area contributed by atoms with Crippen LogP contribution in [-0.4, -0.2) is 22.2 Å². The first kappa shape index (κ1) is 14.4. The van der Waals surface area contributed by atoms with Gasteiger partial charge in [0, 0.05) is 0 Å². The van der Waals surface area contributed by atoms with E-state index < -0.39 is 34.6 Å². The zero-order valence-electron chi connectivity index (χ0n) is 10.7. The summed E-state index contributed by atoms with van der Waals surface area (Å²) in [5.41, 5.74) is -2.37. The topological polar surface area (TPSA) is 74.6 Å². The fraction of sp³-hybridized carbons (Fsp3) is 0.429. The number of benzene rings is 1. The number of carboxylic acids is 2. The third-order valence-corrected chi connectivity index (χ3v) is 3.93. The Labute approximate surface area is 114 Å². The lowest BCUT2D eigenvalue weighted by atomic mass is 9.69. The van der Waals surface area contributed by atoms with Crippen molar-refractivity contribution in [1.82, 2.24) is 0 Å². The molecule has 0 saturated heterocycles. The summed E-state index contributed by atoms with van der Waals surface area (Å²) in [5, 5.41) is 18.2. The Bertz CT molecular complexity index is 539. The summed E-state index contributed by atoms with van der Waals surface area (Å²) in [7, 11) is 0. The summed E-state index contributed by atoms with van der Waals surface area (Å²) in [4.78, 5) is 22.3. The second kappa shape index (κ2) is 5.19. The standard InChI is InChI=1S/C14H14F2O4/c15-9-6-8(7-10(16)11(9)12(17)18)14(13(19)20)4-2-1-3-5-14/h6-7H,1-5H2,(H,17,18)(H,19,20). The molecule has 0 bridgehead atoms. The fourth-order valence-electron chi connectivity index (χ4n) is 2.84. The molecule has 1 aromatic rings. The van der Waals surface area contributed by atoms with Gasteiger partial charge < -0.3 is 10.2 Å². The van der Waals surface area contributed by atoms with Crippen molar-refractivity contribution in [3.8, 4) is 0 Å². The Morgan fingerprint density at radius 1 is 1.00 bits per heavy atom. The maximum Gasteiger partial charge on any atom is 0.341 e. The Hall–Kier alpha value is -1.98. The molecule has 108 valence electrons. The molecule has 0 amide bonds. The van der Waals surface area contributed by atoms with E-state index in [0.29, 0.717) is 25.7 Å². The highest BCUT2D eigenvalue weighted by molar-refractivity contribution is 5.89. The van der Waals surface area contributed by atoms with E-state index in [0.717, 1.165) is 18.6 Å². The predicted octanol–water partition coefficient (Wildman–Crippen LogP) is 2.95. The van der Waals surface area contributed by atoms with Gasteiger partial charge in [-0.15, -0.1) is 0 Å². The Balaban J connectivity index is 2.56. The molecule has 0 atom stereocenters. The van der Waals surface area contributed by atoms with Gasteiger partial charge in [0.1, 0.15) is 17.2 Å². The molecule has 1 aliphatic rings. The van der Waals surface area contributed by atoms with E-state index in [4.69, 9.17) is 5.11 Å². The van der Waals surface area contributed by atoms with Crippen molar-refractivity contribution in [2.24, 2.45) is 0 Å². The van der Waals surface area contributed by atoms with Crippen LogP contribution in [0.1, 0.15) is 48.0 Å². The van der Waals surface area contributed by atoms with Crippen LogP contribution in [0, 0.1) is 11.6 Å². The van der Waals surface area contributed by atoms with Crippen LogP contribution in [-0.2, 0) is 10.2 Å². The zero-order chi connectivity index (χ0) is 14.9. The van der Waals surface area contributed by atoms with Gasteiger partial charge in [-0.05, 0) is 30.5 Å². The largest absolute Gasteiger partial charge is 0.481 e. The van der Waals surface area contributed by atoms with Crippen LogP contribution in [0.5, 0.6) is 0 Å². The van der Waals surface area contributed by atoms with Crippen molar-refractivity contribution in [2.45, 2.75) is 37.5 Å². The molecule has 1 aliphatic carbocycles. The first-order valence-corrected chi connectivity index (χ1v) is 6.35. The summed E-state index contributed by atoms with van der Waals surface area (Å²) >= 11 is 0. The molecule has 0 radical (unpaired) electrons. The molecule has 4 nitrogen and oxygen atoms in total. The minimum absolute atomic E-state index is 0.00435. The molecular formula is C14H14F2O4. The highest BCUT2D eigenvalue weighted by atomic mass is 19.1. The SMILES string of the molecule is O=C(O)c1c(F)cc(C2(C(=O)O)CCCCC2)cc1F. The van der Waals surface area contributed by atoms with E-state index in [1.165, 1.54) is 0 Å². The van der Waals surface area contributed by atoms with Gasteiger partial charge in [0.25, 0.3) is 0 Å². The lowest BCUT2D eigenvalue weighted by Crippen LogP contribution is -2.38. The molecular weight excluding hydrogens is 270 g/mol. The van der Waals surface area contributed by atoms with Gasteiger partial charge in [0.05, 0.1) is 5.41 Å². The molecule has 1 aromatic carbocycles. The van der Waals surface area contributed by atoms with Gasteiger partial charge >= 0.3 is 11.9 Å². The molecule has 1 saturated carbocycles. The van der Waals surface area contributed by atoms with Gasteiger partial charge in [0.2, 0.25) is 0 Å². The lowest BCUT2D eigenvalue weighted by Gasteiger charge is -2.33. The van der Waals surface area contributed by atoms with Crippen LogP contribution in [0.3, 0.4) is 0 Å². The quantitative estimate of drug-likeness (QED) is 0.894. The van der Waals surface area contributed by atoms with Gasteiger partial charge in [-0.1, -0.05) is 19.3 Å². The second-order valence-electron chi connectivity index (χ2n) is 5.07. The van der Waals surface area contributed by atoms with Crippen LogP contribution in [0.25, 0.3) is 0 Å². The van der Waals surface area contributed by atoms with Crippen molar-refractivity contribution in [2.75, 3.05) is 0 Å². The number of hydrogen-bond acceptors (Lipinski definition) is 2.